The third-order valence-electron chi connectivity index (χ3n) is 2.53. The Hall–Kier alpha value is -2.36. The van der Waals surface area contributed by atoms with Crippen LogP contribution in [0, 0.1) is 0 Å². The minimum absolute atomic E-state index is 0.0917. The Bertz CT molecular complexity index is 770. The topological polar surface area (TPSA) is 82.3 Å². The van der Waals surface area contributed by atoms with Gasteiger partial charge in [-0.05, 0) is 24.6 Å². The minimum Gasteiger partial charge on any atom is -0.376 e. The van der Waals surface area contributed by atoms with Gasteiger partial charge in [0.1, 0.15) is 5.75 Å². The summed E-state index contributed by atoms with van der Waals surface area (Å²) in [6.07, 6.45) is 2.57. The van der Waals surface area contributed by atoms with Crippen LogP contribution in [0.1, 0.15) is 5.56 Å². The first-order valence-electron chi connectivity index (χ1n) is 5.76. The lowest BCUT2D eigenvalue weighted by molar-refractivity contribution is -0.0500. The molecule has 0 N–H and O–H groups in total. The van der Waals surface area contributed by atoms with Crippen molar-refractivity contribution in [1.82, 2.24) is 10.1 Å². The molecule has 0 spiro atoms. The zero-order chi connectivity index (χ0) is 16.4. The Labute approximate surface area is 123 Å². The molecule has 0 saturated heterocycles. The fraction of sp³-hybridized carbons (Fsp3) is 0.167. The summed E-state index contributed by atoms with van der Waals surface area (Å²) in [4.78, 5) is 3.79. The molecule has 118 valence electrons. The first kappa shape index (κ1) is 16.0. The second-order valence-electron chi connectivity index (χ2n) is 4.05. The molecule has 0 aliphatic rings. The summed E-state index contributed by atoms with van der Waals surface area (Å²) >= 11 is 0. The highest BCUT2D eigenvalue weighted by Gasteiger charge is 2.48. The van der Waals surface area contributed by atoms with E-state index in [4.69, 9.17) is 0 Å². The van der Waals surface area contributed by atoms with Gasteiger partial charge in [-0.3, -0.25) is 0 Å². The predicted octanol–water partition coefficient (Wildman–Crippen LogP) is 2.69. The Kier molecular flexibility index (Phi) is 4.22. The van der Waals surface area contributed by atoms with E-state index in [9.17, 15) is 21.6 Å². The van der Waals surface area contributed by atoms with Crippen LogP contribution in [0.3, 0.4) is 0 Å². The monoisotopic (exact) mass is 334 g/mol. The molecule has 0 aliphatic heterocycles. The van der Waals surface area contributed by atoms with Crippen molar-refractivity contribution >= 4 is 10.1 Å². The molecule has 6 nitrogen and oxygen atoms in total. The smallest absolute Gasteiger partial charge is 0.376 e. The molecule has 22 heavy (non-hydrogen) atoms. The van der Waals surface area contributed by atoms with Gasteiger partial charge in [0.2, 0.25) is 12.2 Å². The summed E-state index contributed by atoms with van der Waals surface area (Å²) in [6.45, 7) is 3.46. The zero-order valence-electron chi connectivity index (χ0n) is 10.9. The maximum atomic E-state index is 12.4. The molecule has 0 saturated carbocycles. The van der Waals surface area contributed by atoms with Gasteiger partial charge in [-0.1, -0.05) is 11.2 Å². The van der Waals surface area contributed by atoms with Crippen LogP contribution in [0.25, 0.3) is 11.4 Å². The molecule has 0 bridgehead atoms. The van der Waals surface area contributed by atoms with E-state index in [1.54, 1.807) is 0 Å². The quantitative estimate of drug-likeness (QED) is 0.475. The van der Waals surface area contributed by atoms with E-state index in [0.717, 1.165) is 12.5 Å². The number of allylic oxidation sites excluding steroid dienone is 1. The molecular weight excluding hydrogens is 325 g/mol. The molecule has 0 radical (unpaired) electrons. The van der Waals surface area contributed by atoms with Crippen LogP contribution in [-0.4, -0.2) is 24.1 Å². The van der Waals surface area contributed by atoms with Crippen molar-refractivity contribution in [2.45, 2.75) is 11.9 Å². The Morgan fingerprint density at radius 3 is 2.64 bits per heavy atom. The molecule has 0 unspecified atom stereocenters. The van der Waals surface area contributed by atoms with Gasteiger partial charge >= 0.3 is 15.6 Å². The van der Waals surface area contributed by atoms with Crippen LogP contribution >= 0.6 is 0 Å². The van der Waals surface area contributed by atoms with Crippen molar-refractivity contribution in [3.63, 3.8) is 0 Å². The number of aromatic nitrogens is 2. The average Bonchev–Trinajstić information content (AvgIpc) is 2.93. The predicted molar refractivity (Wildman–Crippen MR) is 69.2 cm³/mol. The van der Waals surface area contributed by atoms with Gasteiger partial charge in [0.15, 0.2) is 0 Å². The molecule has 0 amide bonds. The lowest BCUT2D eigenvalue weighted by atomic mass is 10.1. The van der Waals surface area contributed by atoms with E-state index in [-0.39, 0.29) is 17.8 Å². The van der Waals surface area contributed by atoms with Crippen LogP contribution in [0.15, 0.2) is 41.8 Å². The lowest BCUT2D eigenvalue weighted by Crippen LogP contribution is -2.28. The Morgan fingerprint density at radius 1 is 1.36 bits per heavy atom. The number of hydrogen-bond acceptors (Lipinski definition) is 6. The third kappa shape index (κ3) is 3.27. The highest BCUT2D eigenvalue weighted by molar-refractivity contribution is 7.88. The average molecular weight is 334 g/mol. The fourth-order valence-electron chi connectivity index (χ4n) is 1.58. The molecule has 10 heteroatoms. The van der Waals surface area contributed by atoms with Crippen molar-refractivity contribution < 1.29 is 30.3 Å². The molecule has 2 rings (SSSR count). The van der Waals surface area contributed by atoms with Gasteiger partial charge < -0.3 is 8.71 Å². The lowest BCUT2D eigenvalue weighted by Gasteiger charge is -2.12. The summed E-state index contributed by atoms with van der Waals surface area (Å²) in [5, 5.41) is 3.58. The summed E-state index contributed by atoms with van der Waals surface area (Å²) in [6, 6.07) is 3.81. The Morgan fingerprint density at radius 2 is 2.09 bits per heavy atom. The highest BCUT2D eigenvalue weighted by atomic mass is 32.2. The van der Waals surface area contributed by atoms with Gasteiger partial charge in [-0.2, -0.15) is 26.6 Å². The van der Waals surface area contributed by atoms with Gasteiger partial charge in [-0.25, -0.2) is 0 Å². The highest BCUT2D eigenvalue weighted by Crippen LogP contribution is 2.31. The van der Waals surface area contributed by atoms with Crippen LogP contribution < -0.4 is 4.18 Å². The Balaban J connectivity index is 2.42. The number of benzene rings is 1. The second-order valence-corrected chi connectivity index (χ2v) is 5.59. The molecule has 1 aromatic carbocycles. The van der Waals surface area contributed by atoms with Crippen molar-refractivity contribution in [2.75, 3.05) is 0 Å². The standard InChI is InChI=1S/C12H9F3N2O4S/c1-2-3-8-6-9(11-16-7-20-17-11)4-5-10(8)21-22(18,19)12(13,14)15/h2,4-7H,1,3H2. The van der Waals surface area contributed by atoms with Gasteiger partial charge in [-0.15, -0.1) is 6.58 Å². The molecule has 2 aromatic rings. The molecule has 0 aliphatic carbocycles. The van der Waals surface area contributed by atoms with Gasteiger partial charge in [0, 0.05) is 11.1 Å². The van der Waals surface area contributed by atoms with Crippen LogP contribution in [0.2, 0.25) is 0 Å². The number of hydrogen-bond donors (Lipinski definition) is 0. The van der Waals surface area contributed by atoms with Gasteiger partial charge in [0.05, 0.1) is 0 Å². The van der Waals surface area contributed by atoms with Crippen molar-refractivity contribution in [2.24, 2.45) is 0 Å². The van der Waals surface area contributed by atoms with Crippen LogP contribution in [0.5, 0.6) is 5.75 Å². The van der Waals surface area contributed by atoms with E-state index in [1.165, 1.54) is 18.2 Å². The zero-order valence-corrected chi connectivity index (χ0v) is 11.7. The molecule has 0 fully saturated rings. The number of rotatable bonds is 5. The van der Waals surface area contributed by atoms with Crippen LogP contribution in [0.4, 0.5) is 13.2 Å². The summed E-state index contributed by atoms with van der Waals surface area (Å²) in [5.74, 6) is -0.236. The second kappa shape index (κ2) is 5.79. The summed E-state index contributed by atoms with van der Waals surface area (Å²) in [5.41, 5.74) is -4.89. The van der Waals surface area contributed by atoms with Crippen molar-refractivity contribution in [3.05, 3.63) is 42.8 Å². The number of nitrogens with zero attached hydrogens (tertiary/aromatic N) is 2. The maximum Gasteiger partial charge on any atom is 0.534 e. The van der Waals surface area contributed by atoms with E-state index in [1.807, 2.05) is 0 Å². The SMILES string of the molecule is C=CCc1cc(-c2ncon2)ccc1OS(=O)(=O)C(F)(F)F. The van der Waals surface area contributed by atoms with E-state index < -0.39 is 21.4 Å². The molecular formula is C12H9F3N2O4S. The third-order valence-corrected chi connectivity index (χ3v) is 3.49. The number of halogens is 3. The molecule has 0 atom stereocenters. The summed E-state index contributed by atoms with van der Waals surface area (Å²) in [7, 11) is -5.74. The van der Waals surface area contributed by atoms with Crippen molar-refractivity contribution in [1.29, 1.82) is 0 Å². The summed E-state index contributed by atoms with van der Waals surface area (Å²) < 4.78 is 68.0. The minimum atomic E-state index is -5.74. The fourth-order valence-corrected chi connectivity index (χ4v) is 2.07. The first-order valence-corrected chi connectivity index (χ1v) is 7.17. The molecule has 1 aromatic heterocycles. The number of alkyl halides is 3. The normalized spacial score (nSPS) is 12.1. The molecule has 1 heterocycles. The van der Waals surface area contributed by atoms with E-state index in [2.05, 4.69) is 25.4 Å². The van der Waals surface area contributed by atoms with Gasteiger partial charge in [0.25, 0.3) is 0 Å². The first-order chi connectivity index (χ1) is 10.2. The van der Waals surface area contributed by atoms with E-state index in [0.29, 0.717) is 5.56 Å². The van der Waals surface area contributed by atoms with E-state index >= 15 is 0 Å². The maximum absolute atomic E-state index is 12.4. The van der Waals surface area contributed by atoms with Crippen LogP contribution in [-0.2, 0) is 16.5 Å². The largest absolute Gasteiger partial charge is 0.534 e. The van der Waals surface area contributed by atoms with Crippen molar-refractivity contribution in [3.8, 4) is 17.1 Å².